The molecule has 0 unspecified atom stereocenters. The summed E-state index contributed by atoms with van der Waals surface area (Å²) in [6, 6.07) is 0. The van der Waals surface area contributed by atoms with Crippen molar-refractivity contribution in [3.05, 3.63) is 0 Å². The van der Waals surface area contributed by atoms with Crippen LogP contribution in [0.1, 0.15) is 66.2 Å². The lowest BCUT2D eigenvalue weighted by Crippen LogP contribution is -2.52. The van der Waals surface area contributed by atoms with Gasteiger partial charge >= 0.3 is 0 Å². The molecule has 3 fully saturated rings. The summed E-state index contributed by atoms with van der Waals surface area (Å²) in [5, 5.41) is 10.3. The molecular weight excluding hydrogens is 208 g/mol. The summed E-state index contributed by atoms with van der Waals surface area (Å²) in [5.74, 6) is 1.76. The number of fused-ring (bicyclic) bond motifs is 1. The van der Waals surface area contributed by atoms with E-state index in [1.165, 1.54) is 32.1 Å². The quantitative estimate of drug-likeness (QED) is 0.674. The second-order valence-corrected chi connectivity index (χ2v) is 8.30. The Balaban J connectivity index is 2.00. The first-order chi connectivity index (χ1) is 7.80. The van der Waals surface area contributed by atoms with Gasteiger partial charge in [0.05, 0.1) is 6.10 Å². The molecule has 17 heavy (non-hydrogen) atoms. The van der Waals surface area contributed by atoms with Crippen molar-refractivity contribution in [3.63, 3.8) is 0 Å². The smallest absolute Gasteiger partial charge is 0.0594 e. The molecular formula is C16H28O. The number of hydrogen-bond acceptors (Lipinski definition) is 1. The lowest BCUT2D eigenvalue weighted by molar-refractivity contribution is -0.127. The van der Waals surface area contributed by atoms with Gasteiger partial charge in [-0.2, -0.15) is 0 Å². The first-order valence-electron chi connectivity index (χ1n) is 7.48. The van der Waals surface area contributed by atoms with Crippen molar-refractivity contribution < 1.29 is 5.11 Å². The predicted octanol–water partition coefficient (Wildman–Crippen LogP) is 4.00. The Morgan fingerprint density at radius 2 is 1.76 bits per heavy atom. The molecule has 3 aliphatic rings. The van der Waals surface area contributed by atoms with E-state index in [1.54, 1.807) is 0 Å². The highest BCUT2D eigenvalue weighted by Gasteiger charge is 2.63. The first-order valence-corrected chi connectivity index (χ1v) is 7.48. The molecule has 98 valence electrons. The standard InChI is InChI=1S/C16H28O/c1-11-9-14(2,3)12-5-7-15(4)10-16(11,12)8-6-13(15)17/h11-13,17H,5-10H2,1-4H3/t11-,12-,13+,15+,16+/m0/s1. The first kappa shape index (κ1) is 12.0. The van der Waals surface area contributed by atoms with Gasteiger partial charge in [0, 0.05) is 0 Å². The zero-order chi connectivity index (χ0) is 12.5. The average Bonchev–Trinajstić information content (AvgIpc) is 2.41. The van der Waals surface area contributed by atoms with Crippen LogP contribution in [0.5, 0.6) is 0 Å². The van der Waals surface area contributed by atoms with Crippen LogP contribution >= 0.6 is 0 Å². The Labute approximate surface area is 106 Å². The van der Waals surface area contributed by atoms with Crippen LogP contribution in [0.2, 0.25) is 0 Å². The molecule has 3 aliphatic carbocycles. The summed E-state index contributed by atoms with van der Waals surface area (Å²) in [6.07, 6.45) is 7.57. The fraction of sp³-hybridized carbons (Fsp3) is 1.00. The van der Waals surface area contributed by atoms with Gasteiger partial charge in [0.1, 0.15) is 0 Å². The third-order valence-corrected chi connectivity index (χ3v) is 6.88. The summed E-state index contributed by atoms with van der Waals surface area (Å²) in [5.41, 5.74) is 1.32. The Bertz CT molecular complexity index is 334. The van der Waals surface area contributed by atoms with E-state index >= 15 is 0 Å². The molecule has 3 saturated carbocycles. The topological polar surface area (TPSA) is 20.2 Å². The van der Waals surface area contributed by atoms with E-state index in [4.69, 9.17) is 0 Å². The maximum atomic E-state index is 10.3. The van der Waals surface area contributed by atoms with Crippen LogP contribution in [0.4, 0.5) is 0 Å². The van der Waals surface area contributed by atoms with E-state index in [9.17, 15) is 5.11 Å². The van der Waals surface area contributed by atoms with Gasteiger partial charge in [-0.15, -0.1) is 0 Å². The minimum Gasteiger partial charge on any atom is -0.393 e. The zero-order valence-corrected chi connectivity index (χ0v) is 11.9. The second kappa shape index (κ2) is 3.29. The average molecular weight is 236 g/mol. The van der Waals surface area contributed by atoms with E-state index < -0.39 is 0 Å². The highest BCUT2D eigenvalue weighted by molar-refractivity contribution is 5.12. The van der Waals surface area contributed by atoms with Gasteiger partial charge in [0.25, 0.3) is 0 Å². The van der Waals surface area contributed by atoms with Crippen LogP contribution in [0.3, 0.4) is 0 Å². The summed E-state index contributed by atoms with van der Waals surface area (Å²) in [6.45, 7) is 9.78. The largest absolute Gasteiger partial charge is 0.393 e. The third-order valence-electron chi connectivity index (χ3n) is 6.88. The molecule has 0 aromatic heterocycles. The van der Waals surface area contributed by atoms with Crippen molar-refractivity contribution in [2.45, 2.75) is 72.3 Å². The van der Waals surface area contributed by atoms with E-state index in [0.29, 0.717) is 10.8 Å². The van der Waals surface area contributed by atoms with Crippen LogP contribution in [-0.4, -0.2) is 11.2 Å². The zero-order valence-electron chi connectivity index (χ0n) is 11.9. The Morgan fingerprint density at radius 1 is 1.06 bits per heavy atom. The molecule has 0 aromatic rings. The highest BCUT2D eigenvalue weighted by atomic mass is 16.3. The monoisotopic (exact) mass is 236 g/mol. The van der Waals surface area contributed by atoms with Gasteiger partial charge in [-0.1, -0.05) is 27.7 Å². The van der Waals surface area contributed by atoms with Gasteiger partial charge in [-0.25, -0.2) is 0 Å². The van der Waals surface area contributed by atoms with Gasteiger partial charge in [-0.05, 0) is 66.6 Å². The van der Waals surface area contributed by atoms with E-state index in [0.717, 1.165) is 18.3 Å². The Kier molecular flexibility index (Phi) is 2.32. The molecule has 1 spiro atoms. The van der Waals surface area contributed by atoms with Crippen molar-refractivity contribution in [2.75, 3.05) is 0 Å². The fourth-order valence-corrected chi connectivity index (χ4v) is 6.09. The molecule has 5 atom stereocenters. The second-order valence-electron chi connectivity index (χ2n) is 8.30. The van der Waals surface area contributed by atoms with Crippen molar-refractivity contribution in [1.82, 2.24) is 0 Å². The van der Waals surface area contributed by atoms with Gasteiger partial charge in [-0.3, -0.25) is 0 Å². The van der Waals surface area contributed by atoms with Crippen molar-refractivity contribution >= 4 is 0 Å². The van der Waals surface area contributed by atoms with Crippen molar-refractivity contribution in [1.29, 1.82) is 0 Å². The normalized spacial score (nSPS) is 56.6. The minimum atomic E-state index is -0.0370. The SMILES string of the molecule is C[C@H]1CC(C)(C)[C@@H]2CC[C@]3(C)C[C@]12CC[C@H]3O. The van der Waals surface area contributed by atoms with Crippen LogP contribution < -0.4 is 0 Å². The maximum Gasteiger partial charge on any atom is 0.0594 e. The van der Waals surface area contributed by atoms with Crippen LogP contribution in [0.25, 0.3) is 0 Å². The molecule has 0 heterocycles. The number of rotatable bonds is 0. The Hall–Kier alpha value is -0.0400. The van der Waals surface area contributed by atoms with Gasteiger partial charge in [0.2, 0.25) is 0 Å². The summed E-state index contributed by atoms with van der Waals surface area (Å²) in [7, 11) is 0. The maximum absolute atomic E-state index is 10.3. The molecule has 1 nitrogen and oxygen atoms in total. The van der Waals surface area contributed by atoms with Gasteiger partial charge in [0.15, 0.2) is 0 Å². The number of aliphatic hydroxyl groups excluding tert-OH is 1. The number of aliphatic hydroxyl groups is 1. The molecule has 1 N–H and O–H groups in total. The van der Waals surface area contributed by atoms with Crippen LogP contribution in [0, 0.1) is 28.1 Å². The molecule has 1 heteroatoms. The predicted molar refractivity (Wildman–Crippen MR) is 70.7 cm³/mol. The highest BCUT2D eigenvalue weighted by Crippen LogP contribution is 2.70. The fourth-order valence-electron chi connectivity index (χ4n) is 6.09. The summed E-state index contributed by atoms with van der Waals surface area (Å²) in [4.78, 5) is 0. The van der Waals surface area contributed by atoms with Crippen LogP contribution in [0.15, 0.2) is 0 Å². The molecule has 0 aliphatic heterocycles. The van der Waals surface area contributed by atoms with E-state index in [-0.39, 0.29) is 11.5 Å². The van der Waals surface area contributed by atoms with E-state index in [1.807, 2.05) is 0 Å². The third kappa shape index (κ3) is 1.41. The van der Waals surface area contributed by atoms with Crippen molar-refractivity contribution in [2.24, 2.45) is 28.1 Å². The molecule has 2 bridgehead atoms. The molecule has 0 amide bonds. The molecule has 0 aromatic carbocycles. The summed E-state index contributed by atoms with van der Waals surface area (Å²) < 4.78 is 0. The lowest BCUT2D eigenvalue weighted by Gasteiger charge is -2.58. The van der Waals surface area contributed by atoms with Crippen molar-refractivity contribution in [3.8, 4) is 0 Å². The molecule has 0 radical (unpaired) electrons. The Morgan fingerprint density at radius 3 is 2.47 bits per heavy atom. The minimum absolute atomic E-state index is 0.0370. The lowest BCUT2D eigenvalue weighted by atomic mass is 9.48. The van der Waals surface area contributed by atoms with Crippen LogP contribution in [-0.2, 0) is 0 Å². The molecule has 0 saturated heterocycles. The number of hydrogen-bond donors (Lipinski definition) is 1. The summed E-state index contributed by atoms with van der Waals surface area (Å²) >= 11 is 0. The van der Waals surface area contributed by atoms with E-state index in [2.05, 4.69) is 27.7 Å². The van der Waals surface area contributed by atoms with Gasteiger partial charge < -0.3 is 5.11 Å². The molecule has 3 rings (SSSR count).